The van der Waals surface area contributed by atoms with E-state index in [1.54, 1.807) is 49.4 Å². The number of benzene rings is 3. The van der Waals surface area contributed by atoms with Crippen molar-refractivity contribution < 1.29 is 23.5 Å². The van der Waals surface area contributed by atoms with Crippen LogP contribution in [0.5, 0.6) is 0 Å². The van der Waals surface area contributed by atoms with Crippen LogP contribution in [0.25, 0.3) is 22.1 Å². The summed E-state index contributed by atoms with van der Waals surface area (Å²) in [6.45, 7) is 1.92. The van der Waals surface area contributed by atoms with E-state index >= 15 is 0 Å². The Balaban J connectivity index is 1.21. The van der Waals surface area contributed by atoms with Gasteiger partial charge in [0.05, 0.1) is 24.1 Å². The van der Waals surface area contributed by atoms with Gasteiger partial charge in [0.2, 0.25) is 0 Å². The minimum absolute atomic E-state index is 0.153. The lowest BCUT2D eigenvalue weighted by molar-refractivity contribution is -0.119. The Kier molecular flexibility index (Phi) is 5.85. The van der Waals surface area contributed by atoms with Gasteiger partial charge in [-0.25, -0.2) is 10.2 Å². The lowest BCUT2D eigenvalue weighted by Gasteiger charge is -2.16. The van der Waals surface area contributed by atoms with Gasteiger partial charge < -0.3 is 9.15 Å². The second-order valence-electron chi connectivity index (χ2n) is 7.87. The maximum absolute atomic E-state index is 12.8. The van der Waals surface area contributed by atoms with Gasteiger partial charge in [0.25, 0.3) is 11.8 Å². The number of furan rings is 1. The van der Waals surface area contributed by atoms with Crippen molar-refractivity contribution in [1.29, 1.82) is 0 Å². The number of carbonyl (C=O) groups excluding carboxylic acids is 3. The zero-order valence-corrected chi connectivity index (χ0v) is 18.9. The van der Waals surface area contributed by atoms with E-state index < -0.39 is 5.91 Å². The summed E-state index contributed by atoms with van der Waals surface area (Å²) in [6, 6.07) is 21.5. The maximum atomic E-state index is 12.8. The van der Waals surface area contributed by atoms with Crippen LogP contribution in [0.15, 0.2) is 82.3 Å². The summed E-state index contributed by atoms with van der Waals surface area (Å²) in [5.41, 5.74) is 4.99. The molecule has 2 heterocycles. The fraction of sp³-hybridized carbons (Fsp3) is 0.111. The van der Waals surface area contributed by atoms with E-state index in [2.05, 4.69) is 10.5 Å². The van der Waals surface area contributed by atoms with Crippen LogP contribution in [-0.4, -0.2) is 37.1 Å². The highest BCUT2D eigenvalue weighted by Gasteiger charge is 2.30. The molecule has 8 heteroatoms. The minimum atomic E-state index is -0.430. The highest BCUT2D eigenvalue weighted by molar-refractivity contribution is 6.26. The standard InChI is InChI=1S/C27H21N3O5/c1-2-34-27(33)19-11-9-17(10-12-19)23-14-13-20(35-23)15-28-29-24(31)16-30-22-8-4-6-18-5-3-7-21(25(18)22)26(30)32/h3-15H,2,16H2,1H3,(H,29,31)/b28-15-. The zero-order valence-electron chi connectivity index (χ0n) is 18.9. The van der Waals surface area contributed by atoms with E-state index in [4.69, 9.17) is 9.15 Å². The molecular weight excluding hydrogens is 446 g/mol. The fourth-order valence-electron chi connectivity index (χ4n) is 4.05. The van der Waals surface area contributed by atoms with E-state index in [9.17, 15) is 14.4 Å². The van der Waals surface area contributed by atoms with Crippen molar-refractivity contribution in [2.24, 2.45) is 5.10 Å². The summed E-state index contributed by atoms with van der Waals surface area (Å²) in [4.78, 5) is 38.5. The van der Waals surface area contributed by atoms with Crippen LogP contribution in [0.2, 0.25) is 0 Å². The smallest absolute Gasteiger partial charge is 0.338 e. The molecule has 0 spiro atoms. The summed E-state index contributed by atoms with van der Waals surface area (Å²) in [5.74, 6) is 0.00507. The van der Waals surface area contributed by atoms with Crippen molar-refractivity contribution in [1.82, 2.24) is 5.43 Å². The van der Waals surface area contributed by atoms with Crippen molar-refractivity contribution in [3.8, 4) is 11.3 Å². The number of hydrazone groups is 1. The van der Waals surface area contributed by atoms with E-state index in [0.29, 0.717) is 34.9 Å². The number of hydrogen-bond donors (Lipinski definition) is 1. The largest absolute Gasteiger partial charge is 0.462 e. The number of nitrogens with zero attached hydrogens (tertiary/aromatic N) is 2. The van der Waals surface area contributed by atoms with E-state index in [-0.39, 0.29) is 18.4 Å². The van der Waals surface area contributed by atoms with Crippen LogP contribution in [-0.2, 0) is 9.53 Å². The van der Waals surface area contributed by atoms with Gasteiger partial charge in [0.1, 0.15) is 18.1 Å². The molecule has 1 aromatic heterocycles. The Morgan fingerprint density at radius 2 is 1.80 bits per heavy atom. The second-order valence-corrected chi connectivity index (χ2v) is 7.87. The van der Waals surface area contributed by atoms with E-state index in [1.165, 1.54) is 11.1 Å². The fourth-order valence-corrected chi connectivity index (χ4v) is 4.05. The summed E-state index contributed by atoms with van der Waals surface area (Å²) in [7, 11) is 0. The average Bonchev–Trinajstić information content (AvgIpc) is 3.45. The molecule has 2 amide bonds. The Bertz CT molecular complexity index is 1460. The predicted octanol–water partition coefficient (Wildman–Crippen LogP) is 4.39. The minimum Gasteiger partial charge on any atom is -0.462 e. The molecule has 3 aromatic carbocycles. The van der Waals surface area contributed by atoms with Gasteiger partial charge in [0, 0.05) is 16.5 Å². The monoisotopic (exact) mass is 467 g/mol. The van der Waals surface area contributed by atoms with Crippen molar-refractivity contribution in [3.63, 3.8) is 0 Å². The summed E-state index contributed by atoms with van der Waals surface area (Å²) in [5, 5.41) is 5.77. The molecule has 0 saturated carbocycles. The third-order valence-electron chi connectivity index (χ3n) is 5.64. The molecule has 0 fully saturated rings. The van der Waals surface area contributed by atoms with E-state index in [1.807, 2.05) is 30.3 Å². The molecule has 0 radical (unpaired) electrons. The number of anilines is 1. The molecule has 4 aromatic rings. The molecule has 0 saturated heterocycles. The van der Waals surface area contributed by atoms with Crippen molar-refractivity contribution in [2.75, 3.05) is 18.1 Å². The van der Waals surface area contributed by atoms with Crippen molar-refractivity contribution in [3.05, 3.63) is 89.7 Å². The highest BCUT2D eigenvalue weighted by Crippen LogP contribution is 2.36. The SMILES string of the molecule is CCOC(=O)c1ccc(-c2ccc(/C=N\NC(=O)CN3C(=O)c4cccc5cccc3c45)o2)cc1. The van der Waals surface area contributed by atoms with Gasteiger partial charge in [0.15, 0.2) is 0 Å². The molecule has 1 aliphatic heterocycles. The summed E-state index contributed by atoms with van der Waals surface area (Å²) >= 11 is 0. The number of ether oxygens (including phenoxy) is 1. The molecule has 0 aliphatic carbocycles. The number of esters is 1. The summed E-state index contributed by atoms with van der Waals surface area (Å²) in [6.07, 6.45) is 1.38. The molecule has 1 N–H and O–H groups in total. The third-order valence-corrected chi connectivity index (χ3v) is 5.64. The lowest BCUT2D eigenvalue weighted by atomic mass is 10.1. The predicted molar refractivity (Wildman–Crippen MR) is 131 cm³/mol. The Hall–Kier alpha value is -4.72. The number of carbonyl (C=O) groups is 3. The first-order valence-corrected chi connectivity index (χ1v) is 11.1. The Labute approximate surface area is 200 Å². The molecule has 8 nitrogen and oxygen atoms in total. The lowest BCUT2D eigenvalue weighted by Crippen LogP contribution is -2.37. The zero-order chi connectivity index (χ0) is 24.4. The molecule has 1 aliphatic rings. The topological polar surface area (TPSA) is 101 Å². The summed E-state index contributed by atoms with van der Waals surface area (Å²) < 4.78 is 10.7. The maximum Gasteiger partial charge on any atom is 0.338 e. The van der Waals surface area contributed by atoms with Gasteiger partial charge in [-0.2, -0.15) is 5.10 Å². The van der Waals surface area contributed by atoms with Gasteiger partial charge in [-0.05, 0) is 48.7 Å². The Morgan fingerprint density at radius 3 is 2.57 bits per heavy atom. The second kappa shape index (κ2) is 9.26. The van der Waals surface area contributed by atoms with Crippen LogP contribution in [0.1, 0.15) is 33.4 Å². The number of nitrogens with one attached hydrogen (secondary N) is 1. The molecule has 0 atom stereocenters. The van der Waals surface area contributed by atoms with Gasteiger partial charge in [-0.15, -0.1) is 0 Å². The van der Waals surface area contributed by atoms with Gasteiger partial charge in [-0.3, -0.25) is 14.5 Å². The molecule has 0 bridgehead atoms. The molecular formula is C27H21N3O5. The molecule has 174 valence electrons. The number of hydrogen-bond acceptors (Lipinski definition) is 6. The molecule has 0 unspecified atom stereocenters. The first-order valence-electron chi connectivity index (χ1n) is 11.1. The quantitative estimate of drug-likeness (QED) is 0.247. The van der Waals surface area contributed by atoms with Crippen LogP contribution < -0.4 is 10.3 Å². The van der Waals surface area contributed by atoms with Crippen LogP contribution >= 0.6 is 0 Å². The molecule has 5 rings (SSSR count). The van der Waals surface area contributed by atoms with Crippen molar-refractivity contribution >= 4 is 40.5 Å². The normalized spacial score (nSPS) is 12.5. The number of rotatable bonds is 7. The first-order chi connectivity index (χ1) is 17.0. The first kappa shape index (κ1) is 22.1. The van der Waals surface area contributed by atoms with Crippen LogP contribution in [0.3, 0.4) is 0 Å². The van der Waals surface area contributed by atoms with Crippen LogP contribution in [0.4, 0.5) is 5.69 Å². The number of amides is 2. The van der Waals surface area contributed by atoms with Crippen molar-refractivity contribution in [2.45, 2.75) is 6.92 Å². The molecule has 35 heavy (non-hydrogen) atoms. The average molecular weight is 467 g/mol. The highest BCUT2D eigenvalue weighted by atomic mass is 16.5. The van der Waals surface area contributed by atoms with Crippen LogP contribution in [0, 0.1) is 0 Å². The third kappa shape index (κ3) is 4.29. The Morgan fingerprint density at radius 1 is 1.03 bits per heavy atom. The van der Waals surface area contributed by atoms with E-state index in [0.717, 1.165) is 16.3 Å². The van der Waals surface area contributed by atoms with Gasteiger partial charge >= 0.3 is 5.97 Å². The van der Waals surface area contributed by atoms with Gasteiger partial charge in [-0.1, -0.05) is 36.4 Å².